The van der Waals surface area contributed by atoms with E-state index in [4.69, 9.17) is 0 Å². The molecule has 1 saturated heterocycles. The van der Waals surface area contributed by atoms with Crippen molar-refractivity contribution in [1.82, 2.24) is 10.2 Å². The molecule has 2 unspecified atom stereocenters. The highest BCUT2D eigenvalue weighted by atomic mass is 19.4. The maximum absolute atomic E-state index is 11.9. The molecule has 0 saturated carbocycles. The fourth-order valence-corrected chi connectivity index (χ4v) is 2.10. The normalized spacial score (nSPS) is 27.6. The third-order valence-corrected chi connectivity index (χ3v) is 3.21. The number of likely N-dealkylation sites (tertiary alicyclic amines) is 1. The maximum atomic E-state index is 11.9. The van der Waals surface area contributed by atoms with Crippen LogP contribution in [0.3, 0.4) is 0 Å². The van der Waals surface area contributed by atoms with Crippen molar-refractivity contribution in [3.63, 3.8) is 0 Å². The second-order valence-electron chi connectivity index (χ2n) is 4.75. The zero-order valence-electron chi connectivity index (χ0n) is 9.98. The molecule has 1 N–H and O–H groups in total. The number of likely N-dealkylation sites (N-methyl/N-ethyl adjacent to an activating group) is 1. The van der Waals surface area contributed by atoms with Gasteiger partial charge in [0.1, 0.15) is 0 Å². The molecule has 1 aliphatic rings. The van der Waals surface area contributed by atoms with Gasteiger partial charge in [-0.2, -0.15) is 13.2 Å². The van der Waals surface area contributed by atoms with Crippen LogP contribution in [0, 0.1) is 0 Å². The Morgan fingerprint density at radius 1 is 1.31 bits per heavy atom. The number of halogens is 3. The lowest BCUT2D eigenvalue weighted by Crippen LogP contribution is -2.32. The predicted octanol–water partition coefficient (Wildman–Crippen LogP) is 2.40. The smallest absolute Gasteiger partial charge is 0.313 e. The summed E-state index contributed by atoms with van der Waals surface area (Å²) in [5.74, 6) is 0. The number of hydrogen-bond donors (Lipinski definition) is 1. The van der Waals surface area contributed by atoms with Gasteiger partial charge in [-0.1, -0.05) is 0 Å². The van der Waals surface area contributed by atoms with Crippen LogP contribution in [0.25, 0.3) is 0 Å². The van der Waals surface area contributed by atoms with Gasteiger partial charge in [0.15, 0.2) is 0 Å². The van der Waals surface area contributed by atoms with Crippen molar-refractivity contribution in [2.75, 3.05) is 20.1 Å². The Kier molecular flexibility index (Phi) is 5.05. The van der Waals surface area contributed by atoms with Gasteiger partial charge in [-0.15, -0.1) is 0 Å². The Bertz CT molecular complexity index is 196. The number of nitrogens with zero attached hydrogens (tertiary/aromatic N) is 1. The molecule has 0 aromatic carbocycles. The van der Waals surface area contributed by atoms with Crippen LogP contribution < -0.4 is 5.32 Å². The zero-order valence-corrected chi connectivity index (χ0v) is 9.98. The number of alkyl halides is 3. The summed E-state index contributed by atoms with van der Waals surface area (Å²) < 4.78 is 35.6. The number of unbranched alkanes of at least 4 members (excludes halogenated alkanes) is 1. The zero-order chi connectivity index (χ0) is 12.2. The van der Waals surface area contributed by atoms with Crippen molar-refractivity contribution in [1.29, 1.82) is 0 Å². The van der Waals surface area contributed by atoms with Crippen molar-refractivity contribution in [2.45, 2.75) is 50.9 Å². The standard InChI is InChI=1S/C11H21F3N2/c1-9-7-10(8-16(9)2)15-6-4-3-5-11(12,13)14/h9-10,15H,3-8H2,1-2H3. The van der Waals surface area contributed by atoms with Crippen molar-refractivity contribution < 1.29 is 13.2 Å². The number of hydrogen-bond acceptors (Lipinski definition) is 2. The summed E-state index contributed by atoms with van der Waals surface area (Å²) in [6.07, 6.45) is -2.73. The van der Waals surface area contributed by atoms with Gasteiger partial charge < -0.3 is 10.2 Å². The first-order valence-electron chi connectivity index (χ1n) is 5.89. The molecule has 0 aliphatic carbocycles. The van der Waals surface area contributed by atoms with Gasteiger partial charge in [0.25, 0.3) is 0 Å². The van der Waals surface area contributed by atoms with E-state index in [1.165, 1.54) is 0 Å². The molecule has 1 aliphatic heterocycles. The van der Waals surface area contributed by atoms with Crippen molar-refractivity contribution >= 4 is 0 Å². The Hall–Kier alpha value is -0.290. The van der Waals surface area contributed by atoms with Gasteiger partial charge >= 0.3 is 6.18 Å². The van der Waals surface area contributed by atoms with Crippen LogP contribution in [0.5, 0.6) is 0 Å². The lowest BCUT2D eigenvalue weighted by atomic mass is 10.2. The summed E-state index contributed by atoms with van der Waals surface area (Å²) in [6, 6.07) is 1.03. The highest BCUT2D eigenvalue weighted by Gasteiger charge is 2.27. The van der Waals surface area contributed by atoms with E-state index < -0.39 is 12.6 Å². The summed E-state index contributed by atoms with van der Waals surface area (Å²) >= 11 is 0. The first-order chi connectivity index (χ1) is 7.38. The van der Waals surface area contributed by atoms with Crippen molar-refractivity contribution in [3.8, 4) is 0 Å². The molecule has 0 spiro atoms. The topological polar surface area (TPSA) is 15.3 Å². The van der Waals surface area contributed by atoms with E-state index >= 15 is 0 Å². The first kappa shape index (κ1) is 13.8. The van der Waals surface area contributed by atoms with Crippen LogP contribution in [-0.4, -0.2) is 43.3 Å². The van der Waals surface area contributed by atoms with Gasteiger partial charge in [0.2, 0.25) is 0 Å². The molecular weight excluding hydrogens is 217 g/mol. The molecule has 0 radical (unpaired) electrons. The van der Waals surface area contributed by atoms with Gasteiger partial charge in [0.05, 0.1) is 0 Å². The summed E-state index contributed by atoms with van der Waals surface area (Å²) in [5, 5.41) is 3.32. The Morgan fingerprint density at radius 3 is 2.50 bits per heavy atom. The molecule has 0 amide bonds. The number of nitrogens with one attached hydrogen (secondary N) is 1. The molecule has 1 rings (SSSR count). The molecule has 96 valence electrons. The van der Waals surface area contributed by atoms with Crippen LogP contribution >= 0.6 is 0 Å². The van der Waals surface area contributed by atoms with Crippen LogP contribution in [0.1, 0.15) is 32.6 Å². The second kappa shape index (κ2) is 5.87. The van der Waals surface area contributed by atoms with Crippen molar-refractivity contribution in [3.05, 3.63) is 0 Å². The molecular formula is C11H21F3N2. The monoisotopic (exact) mass is 238 g/mol. The van der Waals surface area contributed by atoms with Gasteiger partial charge in [-0.05, 0) is 39.8 Å². The molecule has 0 aromatic rings. The van der Waals surface area contributed by atoms with Crippen LogP contribution in [0.2, 0.25) is 0 Å². The average Bonchev–Trinajstić information content (AvgIpc) is 2.44. The fraction of sp³-hybridized carbons (Fsp3) is 1.00. The molecule has 0 aromatic heterocycles. The molecule has 5 heteroatoms. The van der Waals surface area contributed by atoms with E-state index in [2.05, 4.69) is 24.2 Å². The highest BCUT2D eigenvalue weighted by molar-refractivity contribution is 4.84. The van der Waals surface area contributed by atoms with Gasteiger partial charge in [0, 0.05) is 25.0 Å². The molecule has 2 nitrogen and oxygen atoms in total. The molecule has 1 heterocycles. The minimum absolute atomic E-state index is 0.231. The van der Waals surface area contributed by atoms with E-state index in [9.17, 15) is 13.2 Å². The molecule has 1 fully saturated rings. The van der Waals surface area contributed by atoms with E-state index in [0.29, 0.717) is 25.0 Å². The quantitative estimate of drug-likeness (QED) is 0.740. The molecule has 16 heavy (non-hydrogen) atoms. The molecule has 0 bridgehead atoms. The summed E-state index contributed by atoms with van der Waals surface area (Å²) in [6.45, 7) is 3.87. The van der Waals surface area contributed by atoms with Crippen LogP contribution in [-0.2, 0) is 0 Å². The van der Waals surface area contributed by atoms with E-state index in [1.807, 2.05) is 0 Å². The summed E-state index contributed by atoms with van der Waals surface area (Å²) in [4.78, 5) is 2.27. The Morgan fingerprint density at radius 2 is 2.00 bits per heavy atom. The minimum Gasteiger partial charge on any atom is -0.313 e. The van der Waals surface area contributed by atoms with Crippen molar-refractivity contribution in [2.24, 2.45) is 0 Å². The first-order valence-corrected chi connectivity index (χ1v) is 5.89. The van der Waals surface area contributed by atoms with E-state index in [-0.39, 0.29) is 6.42 Å². The SMILES string of the molecule is CC1CC(NCCCCC(F)(F)F)CN1C. The lowest BCUT2D eigenvalue weighted by Gasteiger charge is -2.13. The Labute approximate surface area is 95.2 Å². The van der Waals surface area contributed by atoms with Crippen LogP contribution in [0.4, 0.5) is 13.2 Å². The third-order valence-electron chi connectivity index (χ3n) is 3.21. The Balaban J connectivity index is 2.00. The van der Waals surface area contributed by atoms with E-state index in [1.54, 1.807) is 0 Å². The fourth-order valence-electron chi connectivity index (χ4n) is 2.10. The largest absolute Gasteiger partial charge is 0.389 e. The van der Waals surface area contributed by atoms with Gasteiger partial charge in [-0.3, -0.25) is 0 Å². The predicted molar refractivity (Wildman–Crippen MR) is 58.4 cm³/mol. The summed E-state index contributed by atoms with van der Waals surface area (Å²) in [7, 11) is 2.08. The van der Waals surface area contributed by atoms with Gasteiger partial charge in [-0.25, -0.2) is 0 Å². The minimum atomic E-state index is -4.00. The highest BCUT2D eigenvalue weighted by Crippen LogP contribution is 2.22. The average molecular weight is 238 g/mol. The number of rotatable bonds is 5. The lowest BCUT2D eigenvalue weighted by molar-refractivity contribution is -0.135. The third kappa shape index (κ3) is 5.16. The summed E-state index contributed by atoms with van der Waals surface area (Å²) in [5.41, 5.74) is 0. The van der Waals surface area contributed by atoms with Crippen LogP contribution in [0.15, 0.2) is 0 Å². The van der Waals surface area contributed by atoms with E-state index in [0.717, 1.165) is 13.0 Å². The maximum Gasteiger partial charge on any atom is 0.389 e. The molecule has 2 atom stereocenters. The second-order valence-corrected chi connectivity index (χ2v) is 4.75.